The lowest BCUT2D eigenvalue weighted by Crippen LogP contribution is -2.13. The van der Waals surface area contributed by atoms with Crippen LogP contribution in [0.25, 0.3) is 0 Å². The minimum Gasteiger partial charge on any atom is -0.508 e. The van der Waals surface area contributed by atoms with Crippen LogP contribution in [0.4, 0.5) is 21.5 Å². The second kappa shape index (κ2) is 6.83. The summed E-state index contributed by atoms with van der Waals surface area (Å²) < 4.78 is 13.0. The van der Waals surface area contributed by atoms with E-state index in [0.717, 1.165) is 0 Å². The molecule has 0 aliphatic carbocycles. The van der Waals surface area contributed by atoms with E-state index >= 15 is 0 Å². The van der Waals surface area contributed by atoms with Gasteiger partial charge in [-0.3, -0.25) is 4.79 Å². The maximum Gasteiger partial charge on any atom is 0.257 e. The van der Waals surface area contributed by atoms with Gasteiger partial charge in [0.15, 0.2) is 0 Å². The zero-order valence-electron chi connectivity index (χ0n) is 12.7. The smallest absolute Gasteiger partial charge is 0.257 e. The van der Waals surface area contributed by atoms with Gasteiger partial charge < -0.3 is 15.7 Å². The first-order valence-electron chi connectivity index (χ1n) is 7.34. The Kier molecular flexibility index (Phi) is 4.43. The summed E-state index contributed by atoms with van der Waals surface area (Å²) in [6, 6.07) is 19.2. The fourth-order valence-corrected chi connectivity index (χ4v) is 2.22. The highest BCUT2D eigenvalue weighted by molar-refractivity contribution is 6.08. The summed E-state index contributed by atoms with van der Waals surface area (Å²) in [4.78, 5) is 12.5. The fourth-order valence-electron chi connectivity index (χ4n) is 2.22. The third-order valence-electron chi connectivity index (χ3n) is 3.42. The minimum absolute atomic E-state index is 0.131. The van der Waals surface area contributed by atoms with E-state index in [-0.39, 0.29) is 17.5 Å². The average molecular weight is 322 g/mol. The lowest BCUT2D eigenvalue weighted by atomic mass is 10.1. The summed E-state index contributed by atoms with van der Waals surface area (Å²) >= 11 is 0. The standard InChI is InChI=1S/C19H15FN2O2/c20-13-5-7-14(8-6-13)21-18-4-2-1-3-17(18)19(24)22-15-9-11-16(23)12-10-15/h1-12,21,23H,(H,22,24). The van der Waals surface area contributed by atoms with Crippen molar-refractivity contribution in [2.24, 2.45) is 0 Å². The molecule has 0 spiro atoms. The summed E-state index contributed by atoms with van der Waals surface area (Å²) in [5.74, 6) is -0.476. The SMILES string of the molecule is O=C(Nc1ccc(O)cc1)c1ccccc1Nc1ccc(F)cc1. The number of benzene rings is 3. The van der Waals surface area contributed by atoms with Crippen LogP contribution in [-0.2, 0) is 0 Å². The Hall–Kier alpha value is -3.34. The number of rotatable bonds is 4. The fraction of sp³-hybridized carbons (Fsp3) is 0. The molecule has 1 amide bonds. The van der Waals surface area contributed by atoms with Gasteiger partial charge in [-0.15, -0.1) is 0 Å². The largest absolute Gasteiger partial charge is 0.508 e. The summed E-state index contributed by atoms with van der Waals surface area (Å²) in [6.45, 7) is 0. The second-order valence-corrected chi connectivity index (χ2v) is 5.18. The van der Waals surface area contributed by atoms with Crippen molar-refractivity contribution in [2.45, 2.75) is 0 Å². The number of phenols is 1. The van der Waals surface area contributed by atoms with Crippen LogP contribution in [0.1, 0.15) is 10.4 Å². The quantitative estimate of drug-likeness (QED) is 0.619. The van der Waals surface area contributed by atoms with Crippen molar-refractivity contribution in [3.63, 3.8) is 0 Å². The Morgan fingerprint density at radius 1 is 0.833 bits per heavy atom. The molecule has 0 radical (unpaired) electrons. The Bertz CT molecular complexity index is 846. The molecule has 3 rings (SSSR count). The number of carbonyl (C=O) groups is 1. The van der Waals surface area contributed by atoms with Crippen LogP contribution in [-0.4, -0.2) is 11.0 Å². The molecule has 24 heavy (non-hydrogen) atoms. The first kappa shape index (κ1) is 15.6. The Morgan fingerprint density at radius 2 is 1.46 bits per heavy atom. The second-order valence-electron chi connectivity index (χ2n) is 5.18. The zero-order chi connectivity index (χ0) is 16.9. The molecule has 3 N–H and O–H groups in total. The summed E-state index contributed by atoms with van der Waals surface area (Å²) in [7, 11) is 0. The van der Waals surface area contributed by atoms with E-state index in [4.69, 9.17) is 0 Å². The van der Waals surface area contributed by atoms with Crippen molar-refractivity contribution in [1.29, 1.82) is 0 Å². The lowest BCUT2D eigenvalue weighted by molar-refractivity contribution is 0.102. The molecule has 3 aromatic carbocycles. The van der Waals surface area contributed by atoms with Gasteiger partial charge in [0, 0.05) is 11.4 Å². The van der Waals surface area contributed by atoms with Crippen LogP contribution >= 0.6 is 0 Å². The number of amides is 1. The number of halogens is 1. The van der Waals surface area contributed by atoms with E-state index in [1.54, 1.807) is 42.5 Å². The highest BCUT2D eigenvalue weighted by Gasteiger charge is 2.11. The minimum atomic E-state index is -0.320. The van der Waals surface area contributed by atoms with Gasteiger partial charge in [0.25, 0.3) is 5.91 Å². The van der Waals surface area contributed by atoms with E-state index in [2.05, 4.69) is 10.6 Å². The first-order chi connectivity index (χ1) is 11.6. The monoisotopic (exact) mass is 322 g/mol. The molecule has 0 aliphatic heterocycles. The van der Waals surface area contributed by atoms with Gasteiger partial charge in [-0.1, -0.05) is 12.1 Å². The highest BCUT2D eigenvalue weighted by Crippen LogP contribution is 2.22. The van der Waals surface area contributed by atoms with E-state index in [9.17, 15) is 14.3 Å². The molecule has 3 aromatic rings. The maximum atomic E-state index is 13.0. The highest BCUT2D eigenvalue weighted by atomic mass is 19.1. The summed E-state index contributed by atoms with van der Waals surface area (Å²) in [5, 5.41) is 15.2. The number of phenolic OH excluding ortho intramolecular Hbond substituents is 1. The third-order valence-corrected chi connectivity index (χ3v) is 3.42. The lowest BCUT2D eigenvalue weighted by Gasteiger charge is -2.12. The maximum absolute atomic E-state index is 13.0. The molecular formula is C19H15FN2O2. The van der Waals surface area contributed by atoms with Crippen LogP contribution in [0, 0.1) is 5.82 Å². The van der Waals surface area contributed by atoms with Crippen LogP contribution < -0.4 is 10.6 Å². The van der Waals surface area contributed by atoms with Crippen molar-refractivity contribution < 1.29 is 14.3 Å². The number of nitrogens with one attached hydrogen (secondary N) is 2. The number of aromatic hydroxyl groups is 1. The summed E-state index contributed by atoms with van der Waals surface area (Å²) in [5.41, 5.74) is 2.32. The molecular weight excluding hydrogens is 307 g/mol. The molecule has 0 aliphatic rings. The van der Waals surface area contributed by atoms with Crippen LogP contribution in [0.5, 0.6) is 5.75 Å². The average Bonchev–Trinajstić information content (AvgIpc) is 2.59. The van der Waals surface area contributed by atoms with Crippen molar-refractivity contribution >= 4 is 23.0 Å². The molecule has 120 valence electrons. The van der Waals surface area contributed by atoms with Gasteiger partial charge in [0.2, 0.25) is 0 Å². The number of hydrogen-bond acceptors (Lipinski definition) is 3. The van der Waals surface area contributed by atoms with Crippen LogP contribution in [0.2, 0.25) is 0 Å². The number of anilines is 3. The molecule has 0 saturated carbocycles. The Balaban J connectivity index is 1.81. The van der Waals surface area contributed by atoms with Crippen molar-refractivity contribution in [1.82, 2.24) is 0 Å². The molecule has 0 unspecified atom stereocenters. The van der Waals surface area contributed by atoms with E-state index in [1.165, 1.54) is 24.3 Å². The molecule has 0 aromatic heterocycles. The van der Waals surface area contributed by atoms with Crippen LogP contribution in [0.3, 0.4) is 0 Å². The van der Waals surface area contributed by atoms with E-state index in [1.807, 2.05) is 6.07 Å². The molecule has 0 heterocycles. The van der Waals surface area contributed by atoms with E-state index in [0.29, 0.717) is 22.6 Å². The summed E-state index contributed by atoms with van der Waals surface area (Å²) in [6.07, 6.45) is 0. The number of carbonyl (C=O) groups excluding carboxylic acids is 1. The molecule has 4 nitrogen and oxygen atoms in total. The third kappa shape index (κ3) is 3.70. The Labute approximate surface area is 138 Å². The molecule has 0 bridgehead atoms. The van der Waals surface area contributed by atoms with Crippen molar-refractivity contribution in [3.05, 3.63) is 84.2 Å². The number of para-hydroxylation sites is 1. The number of hydrogen-bond donors (Lipinski definition) is 3. The molecule has 0 fully saturated rings. The van der Waals surface area contributed by atoms with Crippen molar-refractivity contribution in [3.8, 4) is 5.75 Å². The topological polar surface area (TPSA) is 61.4 Å². The zero-order valence-corrected chi connectivity index (χ0v) is 12.7. The van der Waals surface area contributed by atoms with Gasteiger partial charge in [-0.2, -0.15) is 0 Å². The molecule has 5 heteroatoms. The van der Waals surface area contributed by atoms with Crippen molar-refractivity contribution in [2.75, 3.05) is 10.6 Å². The first-order valence-corrected chi connectivity index (χ1v) is 7.34. The molecule has 0 atom stereocenters. The van der Waals surface area contributed by atoms with Gasteiger partial charge in [0.05, 0.1) is 11.3 Å². The van der Waals surface area contributed by atoms with Gasteiger partial charge in [-0.05, 0) is 60.7 Å². The van der Waals surface area contributed by atoms with Gasteiger partial charge >= 0.3 is 0 Å². The predicted octanol–water partition coefficient (Wildman–Crippen LogP) is 4.53. The molecule has 0 saturated heterocycles. The van der Waals surface area contributed by atoms with Gasteiger partial charge in [0.1, 0.15) is 11.6 Å². The van der Waals surface area contributed by atoms with Crippen LogP contribution in [0.15, 0.2) is 72.8 Å². The predicted molar refractivity (Wildman–Crippen MR) is 92.2 cm³/mol. The normalized spacial score (nSPS) is 10.2. The van der Waals surface area contributed by atoms with Gasteiger partial charge in [-0.25, -0.2) is 4.39 Å². The van der Waals surface area contributed by atoms with E-state index < -0.39 is 0 Å². The Morgan fingerprint density at radius 3 is 2.17 bits per heavy atom.